The number of ether oxygens (including phenoxy) is 1. The summed E-state index contributed by atoms with van der Waals surface area (Å²) in [4.78, 5) is 13.0. The zero-order chi connectivity index (χ0) is 17.2. The molecule has 0 aliphatic heterocycles. The van der Waals surface area contributed by atoms with Crippen LogP contribution in [-0.2, 0) is 4.74 Å². The maximum atomic E-state index is 11.9. The quantitative estimate of drug-likeness (QED) is 0.369. The van der Waals surface area contributed by atoms with Gasteiger partial charge in [0.1, 0.15) is 6.07 Å². The topological polar surface area (TPSA) is 50.1 Å². The minimum atomic E-state index is -0.469. The number of nitrogens with zero attached hydrogens (tertiary/aromatic N) is 1. The Kier molecular flexibility index (Phi) is 3.93. The monoisotopic (exact) mass is 344 g/mol. The van der Waals surface area contributed by atoms with Gasteiger partial charge < -0.3 is 4.74 Å². The third kappa shape index (κ3) is 2.65. The number of fused-ring (bicyclic) bond motifs is 3. The van der Waals surface area contributed by atoms with Gasteiger partial charge >= 0.3 is 5.97 Å². The van der Waals surface area contributed by atoms with Gasteiger partial charge in [0.25, 0.3) is 0 Å². The molecular weight excluding hydrogens is 330 g/mol. The van der Waals surface area contributed by atoms with Gasteiger partial charge in [0.05, 0.1) is 5.56 Å². The Bertz CT molecular complexity index is 1070. The molecule has 4 heteroatoms. The van der Waals surface area contributed by atoms with E-state index in [1.807, 2.05) is 12.1 Å². The van der Waals surface area contributed by atoms with Crippen LogP contribution in [0.4, 0.5) is 0 Å². The van der Waals surface area contributed by atoms with Gasteiger partial charge in [-0.15, -0.1) is 0 Å². The number of rotatable bonds is 3. The summed E-state index contributed by atoms with van der Waals surface area (Å²) in [7, 11) is -0.172. The van der Waals surface area contributed by atoms with Gasteiger partial charge in [-0.05, 0) is 48.5 Å². The number of hydrogen-bond acceptors (Lipinski definition) is 3. The highest BCUT2D eigenvalue weighted by atomic mass is 32.2. The molecule has 120 valence electrons. The maximum Gasteiger partial charge on any atom is 0.339 e. The van der Waals surface area contributed by atoms with Crippen LogP contribution in [0.25, 0.3) is 25.1 Å². The van der Waals surface area contributed by atoms with Crippen molar-refractivity contribution in [3.05, 3.63) is 78.4 Å². The highest BCUT2D eigenvalue weighted by Crippen LogP contribution is 2.48. The molecule has 3 aromatic carbocycles. The standard InChI is InChI=1S/C21H14NO2S/c22-13-14-24-21(23)15-9-11-16(12-10-15)25-19-7-3-1-5-17(19)18-6-2-4-8-20(18)25/h1-12H,14H2/q+1. The fourth-order valence-electron chi connectivity index (χ4n) is 3.01. The highest BCUT2D eigenvalue weighted by molar-refractivity contribution is 7.50. The zero-order valence-electron chi connectivity index (χ0n) is 13.3. The van der Waals surface area contributed by atoms with E-state index >= 15 is 0 Å². The van der Waals surface area contributed by atoms with E-state index in [0.29, 0.717) is 5.56 Å². The molecule has 4 rings (SSSR count). The normalized spacial score (nSPS) is 10.7. The summed E-state index contributed by atoms with van der Waals surface area (Å²) in [6.07, 6.45) is 0. The van der Waals surface area contributed by atoms with Gasteiger partial charge in [-0.3, -0.25) is 0 Å². The van der Waals surface area contributed by atoms with E-state index in [4.69, 9.17) is 10.00 Å². The zero-order valence-corrected chi connectivity index (χ0v) is 14.1. The summed E-state index contributed by atoms with van der Waals surface area (Å²) < 4.78 is 7.47. The van der Waals surface area contributed by atoms with Crippen molar-refractivity contribution in [2.24, 2.45) is 0 Å². The van der Waals surface area contributed by atoms with Crippen LogP contribution in [0.1, 0.15) is 10.4 Å². The van der Waals surface area contributed by atoms with Gasteiger partial charge in [-0.25, -0.2) is 4.79 Å². The molecule has 0 atom stereocenters. The molecule has 0 bridgehead atoms. The number of nitriles is 1. The predicted molar refractivity (Wildman–Crippen MR) is 101 cm³/mol. The predicted octanol–water partition coefficient (Wildman–Crippen LogP) is 5.41. The number of esters is 1. The minimum absolute atomic E-state index is 0.172. The molecule has 0 fully saturated rings. The van der Waals surface area contributed by atoms with E-state index in [1.54, 1.807) is 18.2 Å². The van der Waals surface area contributed by atoms with E-state index in [9.17, 15) is 4.79 Å². The molecular formula is C21H14NO2S+. The van der Waals surface area contributed by atoms with Crippen molar-refractivity contribution in [1.29, 1.82) is 5.26 Å². The van der Waals surface area contributed by atoms with Crippen molar-refractivity contribution in [2.45, 2.75) is 0 Å². The molecule has 3 nitrogen and oxygen atoms in total. The second-order valence-corrected chi connectivity index (χ2v) is 7.52. The first kappa shape index (κ1) is 15.4. The Morgan fingerprint density at radius 3 is 2.00 bits per heavy atom. The first-order chi connectivity index (χ1) is 12.3. The van der Waals surface area contributed by atoms with Gasteiger partial charge in [0.2, 0.25) is 0 Å². The van der Waals surface area contributed by atoms with Crippen molar-refractivity contribution >= 4 is 36.6 Å². The second-order valence-electron chi connectivity index (χ2n) is 5.56. The van der Waals surface area contributed by atoms with E-state index in [-0.39, 0.29) is 17.1 Å². The van der Waals surface area contributed by atoms with Gasteiger partial charge in [-0.1, -0.05) is 24.3 Å². The molecule has 25 heavy (non-hydrogen) atoms. The van der Waals surface area contributed by atoms with Gasteiger partial charge in [0.15, 0.2) is 20.9 Å². The van der Waals surface area contributed by atoms with Crippen molar-refractivity contribution < 1.29 is 9.53 Å². The van der Waals surface area contributed by atoms with E-state index in [2.05, 4.69) is 48.5 Å². The molecule has 1 heterocycles. The van der Waals surface area contributed by atoms with Crippen LogP contribution in [0.5, 0.6) is 0 Å². The van der Waals surface area contributed by atoms with Gasteiger partial charge in [-0.2, -0.15) is 5.26 Å². The lowest BCUT2D eigenvalue weighted by Gasteiger charge is -2.00. The van der Waals surface area contributed by atoms with Crippen LogP contribution < -0.4 is 0 Å². The highest BCUT2D eigenvalue weighted by Gasteiger charge is 2.23. The van der Waals surface area contributed by atoms with Crippen molar-refractivity contribution in [1.82, 2.24) is 0 Å². The van der Waals surface area contributed by atoms with Crippen molar-refractivity contribution in [3.8, 4) is 11.0 Å². The molecule has 0 amide bonds. The van der Waals surface area contributed by atoms with E-state index < -0.39 is 5.97 Å². The van der Waals surface area contributed by atoms with Crippen LogP contribution in [0.3, 0.4) is 0 Å². The third-order valence-electron chi connectivity index (χ3n) is 4.10. The summed E-state index contributed by atoms with van der Waals surface area (Å²) >= 11 is 0. The number of hydrogen-bond donors (Lipinski definition) is 0. The first-order valence-corrected chi connectivity index (χ1v) is 9.09. The van der Waals surface area contributed by atoms with Crippen LogP contribution in [0.15, 0.2) is 72.8 Å². The van der Waals surface area contributed by atoms with Gasteiger partial charge in [0, 0.05) is 21.2 Å². The van der Waals surface area contributed by atoms with E-state index in [1.165, 1.54) is 20.2 Å². The lowest BCUT2D eigenvalue weighted by Crippen LogP contribution is -2.04. The largest absolute Gasteiger partial charge is 0.447 e. The first-order valence-electron chi connectivity index (χ1n) is 7.86. The van der Waals surface area contributed by atoms with Crippen LogP contribution in [0.2, 0.25) is 0 Å². The lowest BCUT2D eigenvalue weighted by atomic mass is 10.2. The number of carbonyl (C=O) groups is 1. The number of carbonyl (C=O) groups excluding carboxylic acids is 1. The summed E-state index contributed by atoms with van der Waals surface area (Å²) in [5, 5.41) is 11.1. The fourth-order valence-corrected chi connectivity index (χ4v) is 5.39. The molecule has 0 saturated carbocycles. The van der Waals surface area contributed by atoms with Crippen molar-refractivity contribution in [3.63, 3.8) is 0 Å². The fraction of sp³-hybridized carbons (Fsp3) is 0.0476. The molecule has 0 unspecified atom stereocenters. The SMILES string of the molecule is N#CCOC(=O)c1ccc(-[s+]2c3ccccc3c3ccccc32)cc1. The summed E-state index contributed by atoms with van der Waals surface area (Å²) in [6.45, 7) is -0.230. The molecule has 0 aliphatic rings. The van der Waals surface area contributed by atoms with Crippen molar-refractivity contribution in [2.75, 3.05) is 6.61 Å². The molecule has 1 aromatic heterocycles. The Morgan fingerprint density at radius 2 is 1.44 bits per heavy atom. The Morgan fingerprint density at radius 1 is 0.880 bits per heavy atom. The maximum absolute atomic E-state index is 11.9. The average molecular weight is 344 g/mol. The second kappa shape index (κ2) is 6.39. The van der Waals surface area contributed by atoms with Crippen LogP contribution in [0, 0.1) is 11.3 Å². The molecule has 0 saturated heterocycles. The van der Waals surface area contributed by atoms with Crippen LogP contribution >= 0.6 is 10.5 Å². The smallest absolute Gasteiger partial charge is 0.339 e. The third-order valence-corrected chi connectivity index (χ3v) is 6.43. The Balaban J connectivity index is 1.84. The molecule has 4 aromatic rings. The summed E-state index contributed by atoms with van der Waals surface area (Å²) in [5.41, 5.74) is 0.461. The molecule has 0 radical (unpaired) electrons. The minimum Gasteiger partial charge on any atom is -0.447 e. The Hall–Kier alpha value is -3.16. The Labute approximate surface area is 147 Å². The average Bonchev–Trinajstić information content (AvgIpc) is 3.01. The molecule has 0 aliphatic carbocycles. The van der Waals surface area contributed by atoms with E-state index in [0.717, 1.165) is 4.90 Å². The summed E-state index contributed by atoms with van der Waals surface area (Å²) in [5.74, 6) is -0.469. The van der Waals surface area contributed by atoms with Crippen LogP contribution in [-0.4, -0.2) is 12.6 Å². The lowest BCUT2D eigenvalue weighted by molar-refractivity contribution is 0.0555. The number of benzene rings is 3. The summed E-state index contributed by atoms with van der Waals surface area (Å²) in [6, 6.07) is 26.2. The molecule has 0 spiro atoms. The molecule has 0 N–H and O–H groups in total. The number of thiophene rings is 1.